The molecular weight excluding hydrogens is 214 g/mol. The van der Waals surface area contributed by atoms with E-state index < -0.39 is 0 Å². The molecule has 2 rings (SSSR count). The maximum Gasteiger partial charge on any atom is 0.119 e. The Hall–Kier alpha value is -1.22. The van der Waals surface area contributed by atoms with Crippen LogP contribution in [0.3, 0.4) is 0 Å². The first-order chi connectivity index (χ1) is 8.38. The van der Waals surface area contributed by atoms with E-state index in [1.54, 1.807) is 7.11 Å². The van der Waals surface area contributed by atoms with Crippen LogP contribution in [0.25, 0.3) is 0 Å². The van der Waals surface area contributed by atoms with Crippen molar-refractivity contribution in [2.45, 2.75) is 19.3 Å². The summed E-state index contributed by atoms with van der Waals surface area (Å²) in [5.74, 6) is 2.57. The van der Waals surface area contributed by atoms with Gasteiger partial charge < -0.3 is 14.8 Å². The van der Waals surface area contributed by atoms with Gasteiger partial charge in [-0.1, -0.05) is 0 Å². The maximum atomic E-state index is 5.72. The zero-order valence-corrected chi connectivity index (χ0v) is 10.4. The number of methoxy groups -OCH3 is 1. The normalized spacial score (nSPS) is 19.9. The molecule has 1 fully saturated rings. The van der Waals surface area contributed by atoms with E-state index in [1.165, 1.54) is 19.4 Å². The van der Waals surface area contributed by atoms with Crippen molar-refractivity contribution in [3.05, 3.63) is 24.3 Å². The van der Waals surface area contributed by atoms with Gasteiger partial charge in [0.1, 0.15) is 11.5 Å². The number of piperidine rings is 1. The van der Waals surface area contributed by atoms with Crippen LogP contribution in [0.1, 0.15) is 19.3 Å². The quantitative estimate of drug-likeness (QED) is 0.850. The predicted molar refractivity (Wildman–Crippen MR) is 68.7 cm³/mol. The Labute approximate surface area is 103 Å². The van der Waals surface area contributed by atoms with Gasteiger partial charge in [0.25, 0.3) is 0 Å². The van der Waals surface area contributed by atoms with Gasteiger partial charge in [-0.15, -0.1) is 0 Å². The summed E-state index contributed by atoms with van der Waals surface area (Å²) in [5, 5.41) is 3.43. The van der Waals surface area contributed by atoms with Gasteiger partial charge in [0.15, 0.2) is 0 Å². The molecule has 1 atom stereocenters. The molecule has 0 unspecified atom stereocenters. The van der Waals surface area contributed by atoms with Gasteiger partial charge in [-0.05, 0) is 62.5 Å². The lowest BCUT2D eigenvalue weighted by Gasteiger charge is -2.22. The largest absolute Gasteiger partial charge is 0.497 e. The summed E-state index contributed by atoms with van der Waals surface area (Å²) < 4.78 is 10.8. The molecule has 0 aromatic heterocycles. The molecule has 94 valence electrons. The van der Waals surface area contributed by atoms with E-state index in [0.29, 0.717) is 0 Å². The molecule has 1 heterocycles. The number of hydrogen-bond donors (Lipinski definition) is 1. The molecule has 3 heteroatoms. The maximum absolute atomic E-state index is 5.72. The molecule has 1 aromatic carbocycles. The summed E-state index contributed by atoms with van der Waals surface area (Å²) in [7, 11) is 1.67. The fourth-order valence-corrected chi connectivity index (χ4v) is 2.19. The van der Waals surface area contributed by atoms with Gasteiger partial charge in [-0.3, -0.25) is 0 Å². The highest BCUT2D eigenvalue weighted by atomic mass is 16.5. The number of nitrogens with one attached hydrogen (secondary N) is 1. The van der Waals surface area contributed by atoms with Gasteiger partial charge in [0.2, 0.25) is 0 Å². The summed E-state index contributed by atoms with van der Waals surface area (Å²) in [6, 6.07) is 7.77. The number of benzene rings is 1. The predicted octanol–water partition coefficient (Wildman–Crippen LogP) is 2.46. The molecule has 0 bridgehead atoms. The second kappa shape index (κ2) is 6.50. The Morgan fingerprint density at radius 3 is 2.65 bits per heavy atom. The molecule has 3 nitrogen and oxygen atoms in total. The standard InChI is InChI=1S/C14H21NO2/c1-16-13-4-6-14(7-5-13)17-10-8-12-3-2-9-15-11-12/h4-7,12,15H,2-3,8-11H2,1H3/t12-/m1/s1. The van der Waals surface area contributed by atoms with Crippen LogP contribution in [-0.4, -0.2) is 26.8 Å². The second-order valence-electron chi connectivity index (χ2n) is 4.53. The Morgan fingerprint density at radius 2 is 2.00 bits per heavy atom. The van der Waals surface area contributed by atoms with Crippen molar-refractivity contribution in [1.29, 1.82) is 0 Å². The van der Waals surface area contributed by atoms with Crippen LogP contribution >= 0.6 is 0 Å². The Bertz CT molecular complexity index is 317. The molecule has 1 saturated heterocycles. The van der Waals surface area contributed by atoms with Crippen LogP contribution < -0.4 is 14.8 Å². The fourth-order valence-electron chi connectivity index (χ4n) is 2.19. The number of hydrogen-bond acceptors (Lipinski definition) is 3. The lowest BCUT2D eigenvalue weighted by atomic mass is 9.97. The van der Waals surface area contributed by atoms with E-state index >= 15 is 0 Å². The van der Waals surface area contributed by atoms with Crippen LogP contribution in [0, 0.1) is 5.92 Å². The van der Waals surface area contributed by atoms with Crippen LogP contribution in [0.5, 0.6) is 11.5 Å². The van der Waals surface area contributed by atoms with Crippen molar-refractivity contribution in [1.82, 2.24) is 5.32 Å². The van der Waals surface area contributed by atoms with Crippen molar-refractivity contribution in [3.63, 3.8) is 0 Å². The van der Waals surface area contributed by atoms with Crippen LogP contribution in [0.2, 0.25) is 0 Å². The zero-order valence-electron chi connectivity index (χ0n) is 10.4. The smallest absolute Gasteiger partial charge is 0.119 e. The third-order valence-corrected chi connectivity index (χ3v) is 3.25. The second-order valence-corrected chi connectivity index (χ2v) is 4.53. The van der Waals surface area contributed by atoms with Gasteiger partial charge in [0.05, 0.1) is 13.7 Å². The molecule has 0 aliphatic carbocycles. The summed E-state index contributed by atoms with van der Waals surface area (Å²) in [6.07, 6.45) is 3.77. The zero-order chi connectivity index (χ0) is 11.9. The van der Waals surface area contributed by atoms with Crippen molar-refractivity contribution < 1.29 is 9.47 Å². The molecule has 0 spiro atoms. The van der Waals surface area contributed by atoms with E-state index in [9.17, 15) is 0 Å². The average molecular weight is 235 g/mol. The van der Waals surface area contributed by atoms with E-state index in [-0.39, 0.29) is 0 Å². The molecule has 17 heavy (non-hydrogen) atoms. The third-order valence-electron chi connectivity index (χ3n) is 3.25. The van der Waals surface area contributed by atoms with Gasteiger partial charge in [0, 0.05) is 0 Å². The first-order valence-electron chi connectivity index (χ1n) is 6.36. The first-order valence-corrected chi connectivity index (χ1v) is 6.36. The summed E-state index contributed by atoms with van der Waals surface area (Å²) in [4.78, 5) is 0. The highest BCUT2D eigenvalue weighted by molar-refractivity contribution is 5.31. The fraction of sp³-hybridized carbons (Fsp3) is 0.571. The highest BCUT2D eigenvalue weighted by Crippen LogP contribution is 2.19. The van der Waals surface area contributed by atoms with E-state index in [4.69, 9.17) is 9.47 Å². The van der Waals surface area contributed by atoms with Crippen molar-refractivity contribution >= 4 is 0 Å². The molecular formula is C14H21NO2. The minimum Gasteiger partial charge on any atom is -0.497 e. The molecule has 0 saturated carbocycles. The van der Waals surface area contributed by atoms with Crippen LogP contribution in [0.4, 0.5) is 0 Å². The Kier molecular flexibility index (Phi) is 4.68. The number of rotatable bonds is 5. The average Bonchev–Trinajstić information content (AvgIpc) is 2.41. The molecule has 1 aromatic rings. The van der Waals surface area contributed by atoms with Crippen molar-refractivity contribution in [2.75, 3.05) is 26.8 Å². The van der Waals surface area contributed by atoms with E-state index in [2.05, 4.69) is 5.32 Å². The van der Waals surface area contributed by atoms with Crippen molar-refractivity contribution in [2.24, 2.45) is 5.92 Å². The molecule has 0 radical (unpaired) electrons. The third kappa shape index (κ3) is 3.93. The summed E-state index contributed by atoms with van der Waals surface area (Å²) in [6.45, 7) is 3.13. The van der Waals surface area contributed by atoms with E-state index in [0.717, 1.165) is 37.0 Å². The van der Waals surface area contributed by atoms with Crippen LogP contribution in [-0.2, 0) is 0 Å². The molecule has 0 amide bonds. The summed E-state index contributed by atoms with van der Waals surface area (Å²) in [5.41, 5.74) is 0. The lowest BCUT2D eigenvalue weighted by Crippen LogP contribution is -2.30. The topological polar surface area (TPSA) is 30.5 Å². The van der Waals surface area contributed by atoms with Crippen molar-refractivity contribution in [3.8, 4) is 11.5 Å². The van der Waals surface area contributed by atoms with E-state index in [1.807, 2.05) is 24.3 Å². The number of ether oxygens (including phenoxy) is 2. The lowest BCUT2D eigenvalue weighted by molar-refractivity contribution is 0.254. The minimum atomic E-state index is 0.780. The first kappa shape index (κ1) is 12.2. The van der Waals surface area contributed by atoms with Gasteiger partial charge >= 0.3 is 0 Å². The van der Waals surface area contributed by atoms with Gasteiger partial charge in [-0.25, -0.2) is 0 Å². The Balaban J connectivity index is 1.69. The minimum absolute atomic E-state index is 0.780. The highest BCUT2D eigenvalue weighted by Gasteiger charge is 2.12. The monoisotopic (exact) mass is 235 g/mol. The van der Waals surface area contributed by atoms with Gasteiger partial charge in [-0.2, -0.15) is 0 Å². The SMILES string of the molecule is COc1ccc(OCC[C@H]2CCCNC2)cc1. The molecule has 1 N–H and O–H groups in total. The molecule has 1 aliphatic heterocycles. The summed E-state index contributed by atoms with van der Waals surface area (Å²) >= 11 is 0. The molecule has 1 aliphatic rings. The Morgan fingerprint density at radius 1 is 1.24 bits per heavy atom. The van der Waals surface area contributed by atoms with Crippen LogP contribution in [0.15, 0.2) is 24.3 Å².